The van der Waals surface area contributed by atoms with Crippen LogP contribution in [0.15, 0.2) is 42.5 Å². The standard InChI is InChI=1S/C23H25N3O3S/c1-15(16-9-10-19-20(12-16)29-14-28-19)24-22(27)13-26-11-5-4-7-18(26)23-25-17-6-2-3-8-21(17)30-23/h2-3,6,8-10,12,15,18H,4-5,7,11,13-14H2,1H3,(H,24,27)/t15-,18+/m0/s1. The van der Waals surface area contributed by atoms with E-state index in [1.165, 1.54) is 11.1 Å². The summed E-state index contributed by atoms with van der Waals surface area (Å²) in [6.45, 7) is 3.56. The SMILES string of the molecule is C[C@H](NC(=O)CN1CCCC[C@@H]1c1nc2ccccc2s1)c1ccc2c(c1)OCO2. The van der Waals surface area contributed by atoms with Gasteiger partial charge in [-0.2, -0.15) is 0 Å². The zero-order chi connectivity index (χ0) is 20.5. The molecule has 2 aromatic carbocycles. The van der Waals surface area contributed by atoms with Gasteiger partial charge in [0.15, 0.2) is 11.5 Å². The molecular weight excluding hydrogens is 398 g/mol. The molecule has 0 saturated carbocycles. The largest absolute Gasteiger partial charge is 0.454 e. The number of rotatable bonds is 5. The number of ether oxygens (including phenoxy) is 2. The van der Waals surface area contributed by atoms with E-state index in [2.05, 4.69) is 22.3 Å². The average molecular weight is 424 g/mol. The number of amides is 1. The van der Waals surface area contributed by atoms with E-state index in [-0.39, 0.29) is 24.8 Å². The first kappa shape index (κ1) is 19.3. The number of benzene rings is 2. The summed E-state index contributed by atoms with van der Waals surface area (Å²) in [6.07, 6.45) is 3.34. The molecule has 0 spiro atoms. The highest BCUT2D eigenvalue weighted by Gasteiger charge is 2.28. The van der Waals surface area contributed by atoms with Gasteiger partial charge in [0, 0.05) is 0 Å². The van der Waals surface area contributed by atoms with E-state index in [9.17, 15) is 4.79 Å². The van der Waals surface area contributed by atoms with E-state index >= 15 is 0 Å². The smallest absolute Gasteiger partial charge is 0.234 e. The lowest BCUT2D eigenvalue weighted by atomic mass is 10.0. The van der Waals surface area contributed by atoms with Crippen molar-refractivity contribution in [3.05, 3.63) is 53.0 Å². The van der Waals surface area contributed by atoms with Crippen molar-refractivity contribution in [1.82, 2.24) is 15.2 Å². The first-order valence-corrected chi connectivity index (χ1v) is 11.3. The second-order valence-electron chi connectivity index (χ2n) is 7.90. The first-order chi connectivity index (χ1) is 14.7. The number of thiazole rings is 1. The van der Waals surface area contributed by atoms with Crippen molar-refractivity contribution in [3.63, 3.8) is 0 Å². The summed E-state index contributed by atoms with van der Waals surface area (Å²) in [6, 6.07) is 14.2. The van der Waals surface area contributed by atoms with Gasteiger partial charge in [0.05, 0.1) is 28.8 Å². The van der Waals surface area contributed by atoms with Crippen molar-refractivity contribution in [2.45, 2.75) is 38.3 Å². The second kappa shape index (κ2) is 8.24. The van der Waals surface area contributed by atoms with Crippen LogP contribution in [-0.4, -0.2) is 35.7 Å². The minimum absolute atomic E-state index is 0.0353. The Balaban J connectivity index is 1.26. The Labute approximate surface area is 179 Å². The Morgan fingerprint density at radius 2 is 2.10 bits per heavy atom. The fourth-order valence-electron chi connectivity index (χ4n) is 4.23. The van der Waals surface area contributed by atoms with Crippen LogP contribution in [0.3, 0.4) is 0 Å². The van der Waals surface area contributed by atoms with Gasteiger partial charge < -0.3 is 14.8 Å². The molecule has 0 unspecified atom stereocenters. The molecule has 3 heterocycles. The molecule has 1 N–H and O–H groups in total. The van der Waals surface area contributed by atoms with Gasteiger partial charge in [-0.1, -0.05) is 24.6 Å². The molecule has 1 amide bonds. The van der Waals surface area contributed by atoms with Crippen molar-refractivity contribution in [1.29, 1.82) is 0 Å². The second-order valence-corrected chi connectivity index (χ2v) is 8.97. The van der Waals surface area contributed by atoms with E-state index in [1.807, 2.05) is 37.3 Å². The van der Waals surface area contributed by atoms with Crippen LogP contribution < -0.4 is 14.8 Å². The zero-order valence-electron chi connectivity index (χ0n) is 17.0. The Bertz CT molecular complexity index is 1030. The van der Waals surface area contributed by atoms with Crippen LogP contribution in [0.1, 0.15) is 48.8 Å². The van der Waals surface area contributed by atoms with Crippen molar-refractivity contribution in [2.75, 3.05) is 19.9 Å². The number of nitrogens with one attached hydrogen (secondary N) is 1. The number of nitrogens with zero attached hydrogens (tertiary/aromatic N) is 2. The minimum atomic E-state index is -0.0994. The van der Waals surface area contributed by atoms with Crippen LogP contribution in [0.4, 0.5) is 0 Å². The molecule has 0 aliphatic carbocycles. The summed E-state index contributed by atoms with van der Waals surface area (Å²) in [5.74, 6) is 1.53. The third-order valence-electron chi connectivity index (χ3n) is 5.83. The molecule has 0 radical (unpaired) electrons. The van der Waals surface area contributed by atoms with E-state index in [4.69, 9.17) is 14.5 Å². The lowest BCUT2D eigenvalue weighted by Gasteiger charge is -2.34. The lowest BCUT2D eigenvalue weighted by molar-refractivity contribution is -0.123. The first-order valence-electron chi connectivity index (χ1n) is 10.5. The fraction of sp³-hybridized carbons (Fsp3) is 0.391. The van der Waals surface area contributed by atoms with E-state index in [0.717, 1.165) is 47.0 Å². The lowest BCUT2D eigenvalue weighted by Crippen LogP contribution is -2.42. The van der Waals surface area contributed by atoms with Crippen LogP contribution in [0, 0.1) is 0 Å². The van der Waals surface area contributed by atoms with Crippen LogP contribution in [0.2, 0.25) is 0 Å². The number of carbonyl (C=O) groups is 1. The summed E-state index contributed by atoms with van der Waals surface area (Å²) in [4.78, 5) is 20.0. The molecule has 1 saturated heterocycles. The highest BCUT2D eigenvalue weighted by Crippen LogP contribution is 2.36. The summed E-state index contributed by atoms with van der Waals surface area (Å²) in [7, 11) is 0. The van der Waals surface area contributed by atoms with Crippen molar-refractivity contribution in [3.8, 4) is 11.5 Å². The molecular formula is C23H25N3O3S. The van der Waals surface area contributed by atoms with Crippen molar-refractivity contribution >= 4 is 27.5 Å². The molecule has 1 fully saturated rings. The Morgan fingerprint density at radius 1 is 1.23 bits per heavy atom. The molecule has 2 atom stereocenters. The summed E-state index contributed by atoms with van der Waals surface area (Å²) in [5.41, 5.74) is 2.05. The number of piperidine rings is 1. The maximum Gasteiger partial charge on any atom is 0.234 e. The average Bonchev–Trinajstić information content (AvgIpc) is 3.40. The van der Waals surface area contributed by atoms with Crippen LogP contribution in [-0.2, 0) is 4.79 Å². The number of carbonyl (C=O) groups excluding carboxylic acids is 1. The number of aromatic nitrogens is 1. The van der Waals surface area contributed by atoms with E-state index in [0.29, 0.717) is 6.54 Å². The zero-order valence-corrected chi connectivity index (χ0v) is 17.8. The van der Waals surface area contributed by atoms with Gasteiger partial charge >= 0.3 is 0 Å². The molecule has 5 rings (SSSR count). The third kappa shape index (κ3) is 3.87. The van der Waals surface area contributed by atoms with Crippen LogP contribution in [0.25, 0.3) is 10.2 Å². The van der Waals surface area contributed by atoms with Gasteiger partial charge in [-0.3, -0.25) is 9.69 Å². The predicted octanol–water partition coefficient (Wildman–Crippen LogP) is 4.43. The quantitative estimate of drug-likeness (QED) is 0.658. The van der Waals surface area contributed by atoms with Gasteiger partial charge in [0.2, 0.25) is 12.7 Å². The van der Waals surface area contributed by atoms with Crippen molar-refractivity contribution in [2.24, 2.45) is 0 Å². The molecule has 2 aliphatic heterocycles. The van der Waals surface area contributed by atoms with Gasteiger partial charge in [-0.25, -0.2) is 4.98 Å². The fourth-order valence-corrected chi connectivity index (χ4v) is 5.37. The molecule has 30 heavy (non-hydrogen) atoms. The molecule has 2 aliphatic rings. The van der Waals surface area contributed by atoms with E-state index < -0.39 is 0 Å². The maximum atomic E-state index is 12.9. The van der Waals surface area contributed by atoms with E-state index in [1.54, 1.807) is 11.3 Å². The molecule has 1 aromatic heterocycles. The highest BCUT2D eigenvalue weighted by atomic mass is 32.1. The Hall–Kier alpha value is -2.64. The van der Waals surface area contributed by atoms with Crippen molar-refractivity contribution < 1.29 is 14.3 Å². The summed E-state index contributed by atoms with van der Waals surface area (Å²) >= 11 is 1.75. The molecule has 0 bridgehead atoms. The third-order valence-corrected chi connectivity index (χ3v) is 6.97. The van der Waals surface area contributed by atoms with Gasteiger partial charge in [0.25, 0.3) is 0 Å². The molecule has 6 nitrogen and oxygen atoms in total. The number of fused-ring (bicyclic) bond motifs is 2. The Kier molecular flexibility index (Phi) is 5.31. The number of para-hydroxylation sites is 1. The van der Waals surface area contributed by atoms with Gasteiger partial charge in [-0.05, 0) is 56.1 Å². The minimum Gasteiger partial charge on any atom is -0.454 e. The normalized spacial score (nSPS) is 19.7. The monoisotopic (exact) mass is 423 g/mol. The molecule has 7 heteroatoms. The predicted molar refractivity (Wildman–Crippen MR) is 117 cm³/mol. The number of hydrogen-bond acceptors (Lipinski definition) is 6. The number of likely N-dealkylation sites (tertiary alicyclic amines) is 1. The Morgan fingerprint density at radius 3 is 3.00 bits per heavy atom. The summed E-state index contributed by atoms with van der Waals surface area (Å²) in [5, 5.41) is 4.26. The van der Waals surface area contributed by atoms with Gasteiger partial charge in [-0.15, -0.1) is 11.3 Å². The maximum absolute atomic E-state index is 12.9. The molecule has 156 valence electrons. The number of hydrogen-bond donors (Lipinski definition) is 1. The summed E-state index contributed by atoms with van der Waals surface area (Å²) < 4.78 is 12.0. The van der Waals surface area contributed by atoms with Crippen LogP contribution in [0.5, 0.6) is 11.5 Å². The highest BCUT2D eigenvalue weighted by molar-refractivity contribution is 7.18. The topological polar surface area (TPSA) is 63.7 Å². The van der Waals surface area contributed by atoms with Crippen LogP contribution >= 0.6 is 11.3 Å². The molecule has 3 aromatic rings. The van der Waals surface area contributed by atoms with Gasteiger partial charge in [0.1, 0.15) is 5.01 Å².